The van der Waals surface area contributed by atoms with Crippen molar-refractivity contribution in [3.05, 3.63) is 29.8 Å². The van der Waals surface area contributed by atoms with Crippen molar-refractivity contribution in [1.82, 2.24) is 5.32 Å². The summed E-state index contributed by atoms with van der Waals surface area (Å²) in [4.78, 5) is 12.7. The van der Waals surface area contributed by atoms with Crippen LogP contribution in [-0.2, 0) is 10.8 Å². The fourth-order valence-electron chi connectivity index (χ4n) is 1.95. The standard InChI is InChI=1S/C15H21NO3S/c1-11(2)20(19)13-5-3-12(4-6-13)14(18)16-9-15(10-17)7-8-15/h3-6,11,17H,7-10H2,1-2H3,(H,16,18). The molecule has 2 rings (SSSR count). The molecule has 1 unspecified atom stereocenters. The first-order valence-corrected chi connectivity index (χ1v) is 8.08. The molecule has 20 heavy (non-hydrogen) atoms. The summed E-state index contributed by atoms with van der Waals surface area (Å²) in [5, 5.41) is 12.1. The van der Waals surface area contributed by atoms with Crippen LogP contribution >= 0.6 is 0 Å². The van der Waals surface area contributed by atoms with Gasteiger partial charge in [0, 0.05) is 27.7 Å². The molecule has 0 bridgehead atoms. The van der Waals surface area contributed by atoms with Crippen LogP contribution in [0.25, 0.3) is 0 Å². The molecule has 0 heterocycles. The van der Waals surface area contributed by atoms with Gasteiger partial charge in [0.25, 0.3) is 5.91 Å². The summed E-state index contributed by atoms with van der Waals surface area (Å²) in [6.45, 7) is 4.45. The lowest BCUT2D eigenvalue weighted by atomic mass is 10.1. The monoisotopic (exact) mass is 295 g/mol. The van der Waals surface area contributed by atoms with Crippen LogP contribution in [0.5, 0.6) is 0 Å². The molecular formula is C15H21NO3S. The number of nitrogens with one attached hydrogen (secondary N) is 1. The zero-order valence-electron chi connectivity index (χ0n) is 11.9. The zero-order chi connectivity index (χ0) is 14.8. The number of amides is 1. The summed E-state index contributed by atoms with van der Waals surface area (Å²) < 4.78 is 11.9. The van der Waals surface area contributed by atoms with E-state index in [4.69, 9.17) is 0 Å². The van der Waals surface area contributed by atoms with Crippen LogP contribution < -0.4 is 5.32 Å². The van der Waals surface area contributed by atoms with Crippen molar-refractivity contribution in [2.24, 2.45) is 5.41 Å². The van der Waals surface area contributed by atoms with E-state index in [1.807, 2.05) is 13.8 Å². The zero-order valence-corrected chi connectivity index (χ0v) is 12.7. The van der Waals surface area contributed by atoms with Crippen LogP contribution in [0.1, 0.15) is 37.0 Å². The Morgan fingerprint density at radius 3 is 2.40 bits per heavy atom. The third-order valence-corrected chi connectivity index (χ3v) is 5.29. The summed E-state index contributed by atoms with van der Waals surface area (Å²) in [5.74, 6) is -0.147. The Morgan fingerprint density at radius 2 is 1.95 bits per heavy atom. The molecule has 0 spiro atoms. The number of carbonyl (C=O) groups excluding carboxylic acids is 1. The molecule has 4 nitrogen and oxygen atoms in total. The Bertz CT molecular complexity index is 506. The molecule has 1 aromatic carbocycles. The van der Waals surface area contributed by atoms with Gasteiger partial charge >= 0.3 is 0 Å². The van der Waals surface area contributed by atoms with Gasteiger partial charge in [0.2, 0.25) is 0 Å². The van der Waals surface area contributed by atoms with Crippen molar-refractivity contribution in [3.63, 3.8) is 0 Å². The van der Waals surface area contributed by atoms with Gasteiger partial charge in [-0.3, -0.25) is 9.00 Å². The molecule has 1 fully saturated rings. The van der Waals surface area contributed by atoms with Crippen molar-refractivity contribution < 1.29 is 14.1 Å². The fourth-order valence-corrected chi connectivity index (χ4v) is 2.90. The lowest BCUT2D eigenvalue weighted by molar-refractivity contribution is 0.0935. The highest BCUT2D eigenvalue weighted by Crippen LogP contribution is 2.44. The van der Waals surface area contributed by atoms with Gasteiger partial charge in [0.1, 0.15) is 0 Å². The van der Waals surface area contributed by atoms with E-state index in [2.05, 4.69) is 5.32 Å². The maximum absolute atomic E-state index is 12.0. The predicted octanol–water partition coefficient (Wildman–Crippen LogP) is 1.70. The molecular weight excluding hydrogens is 274 g/mol. The molecule has 1 saturated carbocycles. The van der Waals surface area contributed by atoms with Crippen LogP contribution in [0.15, 0.2) is 29.2 Å². The van der Waals surface area contributed by atoms with Crippen molar-refractivity contribution in [3.8, 4) is 0 Å². The lowest BCUT2D eigenvalue weighted by Crippen LogP contribution is -2.31. The van der Waals surface area contributed by atoms with E-state index in [0.29, 0.717) is 12.1 Å². The normalized spacial score (nSPS) is 17.8. The third kappa shape index (κ3) is 3.46. The molecule has 5 heteroatoms. The summed E-state index contributed by atoms with van der Waals surface area (Å²) in [7, 11) is -1.03. The van der Waals surface area contributed by atoms with Gasteiger partial charge in [0.15, 0.2) is 0 Å². The Hall–Kier alpha value is -1.20. The first-order chi connectivity index (χ1) is 9.47. The number of benzene rings is 1. The second-order valence-corrected chi connectivity index (χ2v) is 7.72. The first-order valence-electron chi connectivity index (χ1n) is 6.87. The minimum absolute atomic E-state index is 0.0638. The Morgan fingerprint density at radius 1 is 1.35 bits per heavy atom. The molecule has 1 aliphatic carbocycles. The number of aliphatic hydroxyl groups is 1. The number of aliphatic hydroxyl groups excluding tert-OH is 1. The van der Waals surface area contributed by atoms with E-state index in [-0.39, 0.29) is 23.2 Å². The minimum Gasteiger partial charge on any atom is -0.396 e. The lowest BCUT2D eigenvalue weighted by Gasteiger charge is -2.13. The second-order valence-electron chi connectivity index (χ2n) is 5.71. The van der Waals surface area contributed by atoms with Crippen molar-refractivity contribution in [2.45, 2.75) is 36.8 Å². The van der Waals surface area contributed by atoms with Crippen LogP contribution in [-0.4, -0.2) is 33.6 Å². The molecule has 1 atom stereocenters. The fraction of sp³-hybridized carbons (Fsp3) is 0.533. The number of carbonyl (C=O) groups is 1. The molecule has 1 aromatic rings. The Balaban J connectivity index is 1.95. The molecule has 1 amide bonds. The third-order valence-electron chi connectivity index (χ3n) is 3.69. The summed E-state index contributed by atoms with van der Waals surface area (Å²) in [5.41, 5.74) is 0.470. The largest absolute Gasteiger partial charge is 0.396 e. The topological polar surface area (TPSA) is 66.4 Å². The number of hydrogen-bond donors (Lipinski definition) is 2. The van der Waals surface area contributed by atoms with E-state index in [1.165, 1.54) is 0 Å². The maximum atomic E-state index is 12.0. The van der Waals surface area contributed by atoms with Crippen molar-refractivity contribution >= 4 is 16.7 Å². The highest BCUT2D eigenvalue weighted by molar-refractivity contribution is 7.85. The molecule has 0 aliphatic heterocycles. The van der Waals surface area contributed by atoms with Crippen LogP contribution in [0, 0.1) is 5.41 Å². The van der Waals surface area contributed by atoms with Gasteiger partial charge in [-0.05, 0) is 37.1 Å². The predicted molar refractivity (Wildman–Crippen MR) is 79.1 cm³/mol. The quantitative estimate of drug-likeness (QED) is 0.839. The van der Waals surface area contributed by atoms with E-state index < -0.39 is 10.8 Å². The van der Waals surface area contributed by atoms with E-state index in [9.17, 15) is 14.1 Å². The van der Waals surface area contributed by atoms with Crippen LogP contribution in [0.2, 0.25) is 0 Å². The Kier molecular flexibility index (Phi) is 4.60. The highest BCUT2D eigenvalue weighted by Gasteiger charge is 2.42. The molecule has 2 N–H and O–H groups in total. The van der Waals surface area contributed by atoms with E-state index >= 15 is 0 Å². The molecule has 0 aromatic heterocycles. The van der Waals surface area contributed by atoms with Gasteiger partial charge in [0.05, 0.1) is 17.4 Å². The second kappa shape index (κ2) is 6.06. The van der Waals surface area contributed by atoms with Crippen LogP contribution in [0.3, 0.4) is 0 Å². The van der Waals surface area contributed by atoms with Crippen molar-refractivity contribution in [2.75, 3.05) is 13.2 Å². The van der Waals surface area contributed by atoms with Crippen LogP contribution in [0.4, 0.5) is 0 Å². The Labute approximate surface area is 122 Å². The van der Waals surface area contributed by atoms with Gasteiger partial charge in [-0.2, -0.15) is 0 Å². The smallest absolute Gasteiger partial charge is 0.251 e. The first kappa shape index (κ1) is 15.2. The molecule has 0 saturated heterocycles. The van der Waals surface area contributed by atoms with Gasteiger partial charge in [-0.25, -0.2) is 0 Å². The summed E-state index contributed by atoms with van der Waals surface area (Å²) >= 11 is 0. The summed E-state index contributed by atoms with van der Waals surface area (Å²) in [6, 6.07) is 6.88. The molecule has 110 valence electrons. The van der Waals surface area contributed by atoms with E-state index in [1.54, 1.807) is 24.3 Å². The highest BCUT2D eigenvalue weighted by atomic mass is 32.2. The minimum atomic E-state index is -1.03. The molecule has 0 radical (unpaired) electrons. The van der Waals surface area contributed by atoms with Gasteiger partial charge < -0.3 is 10.4 Å². The number of rotatable bonds is 6. The summed E-state index contributed by atoms with van der Waals surface area (Å²) in [6.07, 6.45) is 1.94. The van der Waals surface area contributed by atoms with Gasteiger partial charge in [-0.15, -0.1) is 0 Å². The average Bonchev–Trinajstić information content (AvgIpc) is 3.24. The van der Waals surface area contributed by atoms with Gasteiger partial charge in [-0.1, -0.05) is 13.8 Å². The number of hydrogen-bond acceptors (Lipinski definition) is 3. The van der Waals surface area contributed by atoms with E-state index in [0.717, 1.165) is 17.7 Å². The average molecular weight is 295 g/mol. The van der Waals surface area contributed by atoms with Crippen molar-refractivity contribution in [1.29, 1.82) is 0 Å². The SMILES string of the molecule is CC(C)S(=O)c1ccc(C(=O)NCC2(CO)CC2)cc1. The maximum Gasteiger partial charge on any atom is 0.251 e. The molecule has 1 aliphatic rings.